The van der Waals surface area contributed by atoms with Crippen LogP contribution in [0.2, 0.25) is 0 Å². The first-order valence-corrected chi connectivity index (χ1v) is 7.22. The predicted octanol–water partition coefficient (Wildman–Crippen LogP) is 1.43. The Labute approximate surface area is 111 Å². The summed E-state index contributed by atoms with van der Waals surface area (Å²) in [6.07, 6.45) is 5.31. The monoisotopic (exact) mass is 256 g/mol. The molecule has 18 heavy (non-hydrogen) atoms. The number of rotatable bonds is 6. The number of amides is 1. The van der Waals surface area contributed by atoms with Crippen LogP contribution in [0.1, 0.15) is 52.9 Å². The van der Waals surface area contributed by atoms with Crippen LogP contribution in [0.5, 0.6) is 0 Å². The van der Waals surface area contributed by atoms with Crippen molar-refractivity contribution in [3.63, 3.8) is 0 Å². The highest BCUT2D eigenvalue weighted by Crippen LogP contribution is 2.22. The maximum atomic E-state index is 11.8. The first-order chi connectivity index (χ1) is 8.50. The summed E-state index contributed by atoms with van der Waals surface area (Å²) >= 11 is 0. The summed E-state index contributed by atoms with van der Waals surface area (Å²) in [4.78, 5) is 11.8. The number of aliphatic hydroxyl groups is 1. The van der Waals surface area contributed by atoms with Crippen molar-refractivity contribution in [2.24, 2.45) is 5.92 Å². The molecular weight excluding hydrogens is 228 g/mol. The quantitative estimate of drug-likeness (QED) is 0.674. The Morgan fingerprint density at radius 1 is 1.22 bits per heavy atom. The molecule has 2 atom stereocenters. The maximum absolute atomic E-state index is 11.8. The summed E-state index contributed by atoms with van der Waals surface area (Å²) < 4.78 is 0. The lowest BCUT2D eigenvalue weighted by Crippen LogP contribution is -2.49. The number of hydrogen-bond acceptors (Lipinski definition) is 3. The molecule has 1 aliphatic carbocycles. The van der Waals surface area contributed by atoms with Gasteiger partial charge in [0, 0.05) is 18.6 Å². The molecule has 2 unspecified atom stereocenters. The molecule has 0 radical (unpaired) electrons. The zero-order chi connectivity index (χ0) is 13.5. The van der Waals surface area contributed by atoms with Gasteiger partial charge in [0.05, 0.1) is 0 Å². The molecule has 0 aliphatic heterocycles. The molecule has 1 saturated carbocycles. The van der Waals surface area contributed by atoms with Gasteiger partial charge in [0.1, 0.15) is 6.10 Å². The largest absolute Gasteiger partial charge is 0.382 e. The van der Waals surface area contributed by atoms with E-state index in [2.05, 4.69) is 10.6 Å². The van der Waals surface area contributed by atoms with Crippen molar-refractivity contribution < 1.29 is 9.90 Å². The van der Waals surface area contributed by atoms with Crippen molar-refractivity contribution in [2.75, 3.05) is 6.54 Å². The van der Waals surface area contributed by atoms with Crippen LogP contribution in [0.3, 0.4) is 0 Å². The smallest absolute Gasteiger partial charge is 0.250 e. The Kier molecular flexibility index (Phi) is 6.65. The van der Waals surface area contributed by atoms with E-state index in [1.165, 1.54) is 32.1 Å². The van der Waals surface area contributed by atoms with Crippen LogP contribution in [0.15, 0.2) is 0 Å². The molecule has 0 saturated heterocycles. The van der Waals surface area contributed by atoms with Gasteiger partial charge in [-0.25, -0.2) is 0 Å². The molecule has 1 amide bonds. The van der Waals surface area contributed by atoms with Crippen molar-refractivity contribution in [3.8, 4) is 0 Å². The van der Waals surface area contributed by atoms with E-state index in [1.54, 1.807) is 0 Å². The zero-order valence-corrected chi connectivity index (χ0v) is 11.9. The third-order valence-corrected chi connectivity index (χ3v) is 3.63. The van der Waals surface area contributed by atoms with Crippen molar-refractivity contribution in [1.29, 1.82) is 0 Å². The lowest BCUT2D eigenvalue weighted by atomic mass is 9.89. The Balaban J connectivity index is 2.26. The molecule has 3 N–H and O–H groups in total. The molecule has 4 heteroatoms. The molecule has 4 nitrogen and oxygen atoms in total. The minimum Gasteiger partial charge on any atom is -0.382 e. The summed E-state index contributed by atoms with van der Waals surface area (Å²) in [7, 11) is 0. The molecule has 0 aromatic carbocycles. The van der Waals surface area contributed by atoms with Crippen molar-refractivity contribution >= 4 is 5.91 Å². The van der Waals surface area contributed by atoms with Crippen LogP contribution < -0.4 is 10.6 Å². The molecule has 1 fully saturated rings. The van der Waals surface area contributed by atoms with Gasteiger partial charge in [-0.3, -0.25) is 4.79 Å². The van der Waals surface area contributed by atoms with E-state index in [-0.39, 0.29) is 18.0 Å². The third-order valence-electron chi connectivity index (χ3n) is 3.63. The van der Waals surface area contributed by atoms with Gasteiger partial charge in [-0.1, -0.05) is 33.1 Å². The Morgan fingerprint density at radius 2 is 1.83 bits per heavy atom. The van der Waals surface area contributed by atoms with Crippen molar-refractivity contribution in [1.82, 2.24) is 10.6 Å². The lowest BCUT2D eigenvalue weighted by Gasteiger charge is -2.25. The molecule has 0 spiro atoms. The summed E-state index contributed by atoms with van der Waals surface area (Å²) in [6, 6.07) is 0.0529. The average Bonchev–Trinajstić information content (AvgIpc) is 2.35. The molecule has 1 aliphatic rings. The van der Waals surface area contributed by atoms with Gasteiger partial charge in [-0.15, -0.1) is 0 Å². The second-order valence-corrected chi connectivity index (χ2v) is 5.80. The minimum absolute atomic E-state index is 0.212. The Bertz CT molecular complexity index is 250. The van der Waals surface area contributed by atoms with Gasteiger partial charge in [-0.05, 0) is 25.7 Å². The first-order valence-electron chi connectivity index (χ1n) is 7.22. The van der Waals surface area contributed by atoms with Gasteiger partial charge >= 0.3 is 0 Å². The highest BCUT2D eigenvalue weighted by atomic mass is 16.3. The number of nitrogens with one attached hydrogen (secondary N) is 2. The molecule has 1 rings (SSSR count). The molecule has 0 bridgehead atoms. The molecule has 0 aromatic heterocycles. The molecule has 106 valence electrons. The van der Waals surface area contributed by atoms with Gasteiger partial charge in [0.25, 0.3) is 0 Å². The van der Waals surface area contributed by atoms with Crippen LogP contribution in [0.25, 0.3) is 0 Å². The van der Waals surface area contributed by atoms with Crippen molar-refractivity contribution in [2.45, 2.75) is 71.1 Å². The second kappa shape index (κ2) is 7.74. The topological polar surface area (TPSA) is 61.4 Å². The van der Waals surface area contributed by atoms with Crippen molar-refractivity contribution in [3.05, 3.63) is 0 Å². The van der Waals surface area contributed by atoms with Crippen LogP contribution in [-0.4, -0.2) is 35.7 Å². The average molecular weight is 256 g/mol. The Morgan fingerprint density at radius 3 is 2.39 bits per heavy atom. The number of aliphatic hydroxyl groups excluding tert-OH is 1. The number of carbonyl (C=O) groups excluding carboxylic acids is 1. The van der Waals surface area contributed by atoms with Crippen LogP contribution in [-0.2, 0) is 4.79 Å². The molecule has 0 aromatic rings. The summed E-state index contributed by atoms with van der Waals surface area (Å²) in [5.41, 5.74) is 0. The van der Waals surface area contributed by atoms with Crippen LogP contribution in [0.4, 0.5) is 0 Å². The maximum Gasteiger partial charge on any atom is 0.250 e. The highest BCUT2D eigenvalue weighted by Gasteiger charge is 2.23. The zero-order valence-electron chi connectivity index (χ0n) is 11.9. The van der Waals surface area contributed by atoms with Crippen LogP contribution in [0, 0.1) is 5.92 Å². The number of carbonyl (C=O) groups is 1. The summed E-state index contributed by atoms with van der Waals surface area (Å²) in [5, 5.41) is 15.9. The third kappa shape index (κ3) is 5.36. The summed E-state index contributed by atoms with van der Waals surface area (Å²) in [6.45, 7) is 6.56. The normalized spacial score (nSPS) is 20.7. The summed E-state index contributed by atoms with van der Waals surface area (Å²) in [5.74, 6) is 0.351. The highest BCUT2D eigenvalue weighted by molar-refractivity contribution is 5.81. The molecule has 0 heterocycles. The van der Waals surface area contributed by atoms with E-state index < -0.39 is 6.10 Å². The Hall–Kier alpha value is -0.610. The van der Waals surface area contributed by atoms with E-state index in [4.69, 9.17) is 0 Å². The SMILES string of the molecule is CC(C)NC(C)C(O)C(=O)NCC1CCCCC1. The van der Waals surface area contributed by atoms with E-state index in [0.717, 1.165) is 0 Å². The molecular formula is C14H28N2O2. The fourth-order valence-corrected chi connectivity index (χ4v) is 2.58. The fraction of sp³-hybridized carbons (Fsp3) is 0.929. The standard InChI is InChI=1S/C14H28N2O2/c1-10(2)16-11(3)13(17)14(18)15-9-12-7-5-4-6-8-12/h10-13,16-17H,4-9H2,1-3H3,(H,15,18). The predicted molar refractivity (Wildman–Crippen MR) is 73.3 cm³/mol. The van der Waals surface area contributed by atoms with Gasteiger partial charge in [0.2, 0.25) is 5.91 Å². The van der Waals surface area contributed by atoms with E-state index in [1.807, 2.05) is 20.8 Å². The minimum atomic E-state index is -0.962. The fourth-order valence-electron chi connectivity index (χ4n) is 2.58. The van der Waals surface area contributed by atoms with Gasteiger partial charge in [-0.2, -0.15) is 0 Å². The number of hydrogen-bond donors (Lipinski definition) is 3. The van der Waals surface area contributed by atoms with E-state index in [0.29, 0.717) is 12.5 Å². The van der Waals surface area contributed by atoms with E-state index in [9.17, 15) is 9.90 Å². The van der Waals surface area contributed by atoms with Crippen LogP contribution >= 0.6 is 0 Å². The lowest BCUT2D eigenvalue weighted by molar-refractivity contribution is -0.130. The van der Waals surface area contributed by atoms with Gasteiger partial charge in [0.15, 0.2) is 0 Å². The van der Waals surface area contributed by atoms with E-state index >= 15 is 0 Å². The van der Waals surface area contributed by atoms with Gasteiger partial charge < -0.3 is 15.7 Å². The first kappa shape index (κ1) is 15.4. The second-order valence-electron chi connectivity index (χ2n) is 5.80.